The van der Waals surface area contributed by atoms with Gasteiger partial charge in [0, 0.05) is 25.3 Å². The van der Waals surface area contributed by atoms with Crippen LogP contribution in [0.3, 0.4) is 0 Å². The molecule has 2 aromatic rings. The summed E-state index contributed by atoms with van der Waals surface area (Å²) in [7, 11) is 0. The number of hydrogen-bond acceptors (Lipinski definition) is 2. The van der Waals surface area contributed by atoms with E-state index in [0.29, 0.717) is 12.5 Å². The molecule has 0 N–H and O–H groups in total. The summed E-state index contributed by atoms with van der Waals surface area (Å²) in [5.41, 5.74) is 2.00. The Labute approximate surface area is 137 Å². The van der Waals surface area contributed by atoms with Crippen LogP contribution < -0.4 is 0 Å². The summed E-state index contributed by atoms with van der Waals surface area (Å²) >= 11 is 0. The molecule has 0 saturated carbocycles. The molecule has 120 valence electrons. The fourth-order valence-corrected chi connectivity index (χ4v) is 2.98. The number of piperidine rings is 1. The van der Waals surface area contributed by atoms with E-state index < -0.39 is 0 Å². The molecule has 0 bridgehead atoms. The molecule has 1 saturated heterocycles. The Morgan fingerprint density at radius 3 is 2.22 bits per heavy atom. The van der Waals surface area contributed by atoms with Crippen molar-refractivity contribution in [3.05, 3.63) is 71.8 Å². The zero-order valence-corrected chi connectivity index (χ0v) is 13.4. The summed E-state index contributed by atoms with van der Waals surface area (Å²) in [6.45, 7) is 3.10. The molecule has 1 aliphatic rings. The third kappa shape index (κ3) is 4.42. The number of carbonyl (C=O) groups is 1. The molecule has 1 fully saturated rings. The first kappa shape index (κ1) is 15.8. The second kappa shape index (κ2) is 7.93. The van der Waals surface area contributed by atoms with Crippen LogP contribution in [0.4, 0.5) is 0 Å². The van der Waals surface area contributed by atoms with Crippen LogP contribution in [0.25, 0.3) is 0 Å². The number of ether oxygens (including phenoxy) is 1. The van der Waals surface area contributed by atoms with E-state index in [1.165, 1.54) is 5.56 Å². The van der Waals surface area contributed by atoms with Crippen molar-refractivity contribution in [3.63, 3.8) is 0 Å². The highest BCUT2D eigenvalue weighted by molar-refractivity contribution is 5.94. The highest BCUT2D eigenvalue weighted by Gasteiger charge is 2.23. The Morgan fingerprint density at radius 2 is 1.57 bits per heavy atom. The second-order valence-corrected chi connectivity index (χ2v) is 6.10. The molecule has 0 unspecified atom stereocenters. The van der Waals surface area contributed by atoms with Crippen molar-refractivity contribution in [1.29, 1.82) is 0 Å². The molecule has 0 atom stereocenters. The Hall–Kier alpha value is -2.13. The SMILES string of the molecule is O=C(c1ccccc1)N1CCC(COCc2ccccc2)CC1. The van der Waals surface area contributed by atoms with Crippen LogP contribution in [0.15, 0.2) is 60.7 Å². The van der Waals surface area contributed by atoms with E-state index in [-0.39, 0.29) is 5.91 Å². The van der Waals surface area contributed by atoms with Crippen molar-refractivity contribution in [2.75, 3.05) is 19.7 Å². The van der Waals surface area contributed by atoms with Gasteiger partial charge in [0.25, 0.3) is 5.91 Å². The van der Waals surface area contributed by atoms with E-state index in [9.17, 15) is 4.79 Å². The average molecular weight is 309 g/mol. The standard InChI is InChI=1S/C20H23NO2/c22-20(19-9-5-2-6-10-19)21-13-11-18(12-14-21)16-23-15-17-7-3-1-4-8-17/h1-10,18H,11-16H2. The van der Waals surface area contributed by atoms with Crippen LogP contribution in [0, 0.1) is 5.92 Å². The fraction of sp³-hybridized carbons (Fsp3) is 0.350. The van der Waals surface area contributed by atoms with Crippen LogP contribution in [0.2, 0.25) is 0 Å². The Kier molecular flexibility index (Phi) is 5.43. The predicted octanol–water partition coefficient (Wildman–Crippen LogP) is 3.76. The molecule has 3 nitrogen and oxygen atoms in total. The van der Waals surface area contributed by atoms with Gasteiger partial charge < -0.3 is 9.64 Å². The van der Waals surface area contributed by atoms with Crippen molar-refractivity contribution in [2.24, 2.45) is 5.92 Å². The van der Waals surface area contributed by atoms with E-state index in [4.69, 9.17) is 4.74 Å². The van der Waals surface area contributed by atoms with Crippen LogP contribution in [0.1, 0.15) is 28.8 Å². The summed E-state index contributed by atoms with van der Waals surface area (Å²) in [6, 6.07) is 19.8. The van der Waals surface area contributed by atoms with Gasteiger partial charge >= 0.3 is 0 Å². The molecule has 1 heterocycles. The molecule has 2 aromatic carbocycles. The minimum Gasteiger partial charge on any atom is -0.376 e. The molecule has 0 radical (unpaired) electrons. The second-order valence-electron chi connectivity index (χ2n) is 6.10. The maximum absolute atomic E-state index is 12.4. The van der Waals surface area contributed by atoms with Gasteiger partial charge in [-0.2, -0.15) is 0 Å². The normalized spacial score (nSPS) is 15.6. The maximum Gasteiger partial charge on any atom is 0.253 e. The smallest absolute Gasteiger partial charge is 0.253 e. The van der Waals surface area contributed by atoms with Crippen molar-refractivity contribution in [1.82, 2.24) is 4.90 Å². The number of rotatable bonds is 5. The summed E-state index contributed by atoms with van der Waals surface area (Å²) in [5, 5.41) is 0. The molecule has 0 aliphatic carbocycles. The van der Waals surface area contributed by atoms with Gasteiger partial charge in [-0.05, 0) is 36.5 Å². The molecule has 23 heavy (non-hydrogen) atoms. The average Bonchev–Trinajstić information content (AvgIpc) is 2.63. The van der Waals surface area contributed by atoms with Crippen LogP contribution in [-0.4, -0.2) is 30.5 Å². The van der Waals surface area contributed by atoms with E-state index in [1.807, 2.05) is 53.4 Å². The monoisotopic (exact) mass is 309 g/mol. The van der Waals surface area contributed by atoms with Gasteiger partial charge in [-0.3, -0.25) is 4.79 Å². The van der Waals surface area contributed by atoms with Crippen LogP contribution in [-0.2, 0) is 11.3 Å². The molecular formula is C20H23NO2. The zero-order valence-electron chi connectivity index (χ0n) is 13.4. The minimum atomic E-state index is 0.147. The van der Waals surface area contributed by atoms with Gasteiger partial charge in [0.15, 0.2) is 0 Å². The predicted molar refractivity (Wildman–Crippen MR) is 91.2 cm³/mol. The van der Waals surface area contributed by atoms with Crippen LogP contribution >= 0.6 is 0 Å². The van der Waals surface area contributed by atoms with Gasteiger partial charge in [-0.25, -0.2) is 0 Å². The molecular weight excluding hydrogens is 286 g/mol. The van der Waals surface area contributed by atoms with E-state index in [1.54, 1.807) is 0 Å². The molecule has 0 spiro atoms. The van der Waals surface area contributed by atoms with Gasteiger partial charge in [-0.1, -0.05) is 48.5 Å². The van der Waals surface area contributed by atoms with Crippen molar-refractivity contribution < 1.29 is 9.53 Å². The molecule has 1 aliphatic heterocycles. The lowest BCUT2D eigenvalue weighted by atomic mass is 9.97. The van der Waals surface area contributed by atoms with Crippen molar-refractivity contribution >= 4 is 5.91 Å². The molecule has 3 rings (SSSR count). The van der Waals surface area contributed by atoms with E-state index >= 15 is 0 Å². The number of likely N-dealkylation sites (tertiary alicyclic amines) is 1. The Balaban J connectivity index is 1.41. The van der Waals surface area contributed by atoms with Gasteiger partial charge in [-0.15, -0.1) is 0 Å². The first-order valence-electron chi connectivity index (χ1n) is 8.29. The molecule has 3 heteroatoms. The number of nitrogens with zero attached hydrogens (tertiary/aromatic N) is 1. The Morgan fingerprint density at radius 1 is 0.957 bits per heavy atom. The third-order valence-corrected chi connectivity index (χ3v) is 4.39. The lowest BCUT2D eigenvalue weighted by Gasteiger charge is -2.32. The lowest BCUT2D eigenvalue weighted by Crippen LogP contribution is -2.39. The zero-order chi connectivity index (χ0) is 15.9. The first-order valence-corrected chi connectivity index (χ1v) is 8.29. The highest BCUT2D eigenvalue weighted by atomic mass is 16.5. The van der Waals surface area contributed by atoms with Crippen LogP contribution in [0.5, 0.6) is 0 Å². The summed E-state index contributed by atoms with van der Waals surface area (Å²) in [4.78, 5) is 14.4. The van der Waals surface area contributed by atoms with Crippen molar-refractivity contribution in [3.8, 4) is 0 Å². The minimum absolute atomic E-state index is 0.147. The number of hydrogen-bond donors (Lipinski definition) is 0. The third-order valence-electron chi connectivity index (χ3n) is 4.39. The number of carbonyl (C=O) groups excluding carboxylic acids is 1. The number of amides is 1. The van der Waals surface area contributed by atoms with Crippen molar-refractivity contribution in [2.45, 2.75) is 19.4 Å². The first-order chi connectivity index (χ1) is 11.3. The molecule has 1 amide bonds. The van der Waals surface area contributed by atoms with Gasteiger partial charge in [0.1, 0.15) is 0 Å². The van der Waals surface area contributed by atoms with Gasteiger partial charge in [0.2, 0.25) is 0 Å². The van der Waals surface area contributed by atoms with Gasteiger partial charge in [0.05, 0.1) is 6.61 Å². The lowest BCUT2D eigenvalue weighted by molar-refractivity contribution is 0.0478. The topological polar surface area (TPSA) is 29.5 Å². The Bertz CT molecular complexity index is 604. The highest BCUT2D eigenvalue weighted by Crippen LogP contribution is 2.20. The summed E-state index contributed by atoms with van der Waals surface area (Å²) in [5.74, 6) is 0.702. The number of benzene rings is 2. The molecule has 0 aromatic heterocycles. The van der Waals surface area contributed by atoms with E-state index in [0.717, 1.165) is 38.1 Å². The fourth-order valence-electron chi connectivity index (χ4n) is 2.98. The largest absolute Gasteiger partial charge is 0.376 e. The quantitative estimate of drug-likeness (QED) is 0.841. The summed E-state index contributed by atoms with van der Waals surface area (Å²) in [6.07, 6.45) is 2.04. The van der Waals surface area contributed by atoms with E-state index in [2.05, 4.69) is 12.1 Å². The summed E-state index contributed by atoms with van der Waals surface area (Å²) < 4.78 is 5.84. The maximum atomic E-state index is 12.4.